The summed E-state index contributed by atoms with van der Waals surface area (Å²) in [5.74, 6) is -3.67. The lowest BCUT2D eigenvalue weighted by Gasteiger charge is -2.49. The second-order valence-corrected chi connectivity index (χ2v) is 11.8. The van der Waals surface area contributed by atoms with E-state index >= 15 is 0 Å². The third kappa shape index (κ3) is 4.70. The van der Waals surface area contributed by atoms with E-state index in [0.717, 1.165) is 32.8 Å². The molecule has 0 saturated carbocycles. The standard InChI is InChI=1S/C20H20N10O8S3/c1-20(18(35)36)3-9(24-30-17(20)23-26-27-30)39-4-7-5-40-15-11(14(32)28(15)12(7)16(33)34)22-13(31)10(25-38-2)8-6-41-19(21)29(8)37/h3,6,11,15,21,24,37H,4-5H2,1-2H3,(H,22,31)(H,33,34)(H,35,36)/t11-,15+,20?/m1/s1. The maximum atomic E-state index is 13.1. The zero-order valence-electron chi connectivity index (χ0n) is 21.0. The predicted octanol–water partition coefficient (Wildman–Crippen LogP) is -1.48. The molecule has 0 bridgehead atoms. The topological polar surface area (TPSA) is 250 Å². The number of aromatic nitrogens is 5. The number of hydrogen-bond donors (Lipinski definition) is 6. The molecule has 1 saturated heterocycles. The minimum atomic E-state index is -1.53. The number of thiazole rings is 1. The molecule has 0 spiro atoms. The Hall–Kier alpha value is -4.37. The molecule has 3 aliphatic rings. The molecule has 21 heteroatoms. The number of carbonyl (C=O) groups excluding carboxylic acids is 2. The average Bonchev–Trinajstić information content (AvgIpc) is 3.55. The Kier molecular flexibility index (Phi) is 7.25. The van der Waals surface area contributed by atoms with Crippen molar-refractivity contribution in [1.82, 2.24) is 35.3 Å². The highest BCUT2D eigenvalue weighted by atomic mass is 32.2. The van der Waals surface area contributed by atoms with E-state index in [2.05, 4.69) is 31.4 Å². The largest absolute Gasteiger partial charge is 0.480 e. The summed E-state index contributed by atoms with van der Waals surface area (Å²) in [7, 11) is 1.18. The van der Waals surface area contributed by atoms with E-state index in [1.807, 2.05) is 0 Å². The fourth-order valence-corrected chi connectivity index (χ4v) is 7.37. The minimum Gasteiger partial charge on any atom is -0.480 e. The lowest BCUT2D eigenvalue weighted by atomic mass is 9.89. The second kappa shape index (κ2) is 10.6. The first-order chi connectivity index (χ1) is 19.5. The van der Waals surface area contributed by atoms with Crippen LogP contribution in [0.4, 0.5) is 0 Å². The van der Waals surface area contributed by atoms with Gasteiger partial charge in [-0.2, -0.15) is 4.73 Å². The molecule has 2 aromatic heterocycles. The molecule has 0 aromatic carbocycles. The average molecular weight is 625 g/mol. The maximum absolute atomic E-state index is 13.1. The highest BCUT2D eigenvalue weighted by Crippen LogP contribution is 2.42. The van der Waals surface area contributed by atoms with Crippen molar-refractivity contribution in [2.75, 3.05) is 24.0 Å². The van der Waals surface area contributed by atoms with Crippen molar-refractivity contribution >= 4 is 64.3 Å². The van der Waals surface area contributed by atoms with Gasteiger partial charge in [-0.15, -0.1) is 44.8 Å². The van der Waals surface area contributed by atoms with Gasteiger partial charge in [-0.1, -0.05) is 5.16 Å². The zero-order valence-corrected chi connectivity index (χ0v) is 23.4. The molecule has 3 aliphatic heterocycles. The van der Waals surface area contributed by atoms with Crippen molar-refractivity contribution in [1.29, 1.82) is 5.41 Å². The summed E-state index contributed by atoms with van der Waals surface area (Å²) < 4.78 is 0.442. The van der Waals surface area contributed by atoms with Crippen LogP contribution in [-0.4, -0.2) is 105 Å². The first kappa shape index (κ1) is 28.2. The highest BCUT2D eigenvalue weighted by molar-refractivity contribution is 8.03. The molecule has 6 N–H and O–H groups in total. The fraction of sp³-hybridized carbons (Fsp3) is 0.350. The number of β-lactam (4-membered cyclic amide) rings is 1. The fourth-order valence-electron chi connectivity index (χ4n) is 4.22. The minimum absolute atomic E-state index is 0.0711. The Morgan fingerprint density at radius 3 is 2.78 bits per heavy atom. The van der Waals surface area contributed by atoms with E-state index in [0.29, 0.717) is 15.3 Å². The van der Waals surface area contributed by atoms with Gasteiger partial charge in [0.2, 0.25) is 4.80 Å². The van der Waals surface area contributed by atoms with Crippen LogP contribution in [0, 0.1) is 5.41 Å². The lowest BCUT2D eigenvalue weighted by molar-refractivity contribution is -0.150. The molecule has 41 heavy (non-hydrogen) atoms. The number of rotatable bonds is 9. The second-order valence-electron chi connectivity index (χ2n) is 8.81. The van der Waals surface area contributed by atoms with Crippen LogP contribution in [0.3, 0.4) is 0 Å². The molecule has 2 amide bonds. The van der Waals surface area contributed by atoms with Gasteiger partial charge < -0.3 is 25.6 Å². The zero-order chi connectivity index (χ0) is 29.6. The Morgan fingerprint density at radius 2 is 2.15 bits per heavy atom. The summed E-state index contributed by atoms with van der Waals surface area (Å²) in [6.07, 6.45) is 1.43. The molecular weight excluding hydrogens is 604 g/mol. The van der Waals surface area contributed by atoms with Crippen LogP contribution in [0.5, 0.6) is 0 Å². The van der Waals surface area contributed by atoms with Crippen molar-refractivity contribution in [3.63, 3.8) is 0 Å². The van der Waals surface area contributed by atoms with Crippen LogP contribution in [0.15, 0.2) is 32.9 Å². The normalized spacial score (nSPS) is 23.6. The number of carboxylic acids is 2. The third-order valence-electron chi connectivity index (χ3n) is 6.30. The first-order valence-corrected chi connectivity index (χ1v) is 14.3. The van der Waals surface area contributed by atoms with Gasteiger partial charge in [0.05, 0.1) is 5.03 Å². The molecule has 0 radical (unpaired) electrons. The van der Waals surface area contributed by atoms with E-state index in [1.165, 1.54) is 37.3 Å². The van der Waals surface area contributed by atoms with Crippen molar-refractivity contribution in [3.8, 4) is 0 Å². The van der Waals surface area contributed by atoms with Crippen molar-refractivity contribution in [3.05, 3.63) is 44.1 Å². The monoisotopic (exact) mass is 624 g/mol. The lowest BCUT2D eigenvalue weighted by Crippen LogP contribution is -2.71. The Bertz CT molecular complexity index is 1630. The van der Waals surface area contributed by atoms with Crippen LogP contribution in [-0.2, 0) is 29.4 Å². The van der Waals surface area contributed by atoms with E-state index in [9.17, 15) is 34.6 Å². The smallest absolute Gasteiger partial charge is 0.352 e. The third-order valence-corrected chi connectivity index (χ3v) is 9.39. The Labute approximate surface area is 241 Å². The number of fused-ring (bicyclic) bond motifs is 2. The molecular formula is C20H20N10O8S3. The summed E-state index contributed by atoms with van der Waals surface area (Å²) in [5.41, 5.74) is 1.02. The van der Waals surface area contributed by atoms with Crippen molar-refractivity contribution in [2.24, 2.45) is 5.16 Å². The molecule has 216 valence electrons. The number of carbonyl (C=O) groups is 4. The van der Waals surface area contributed by atoms with Gasteiger partial charge in [0, 0.05) is 16.9 Å². The molecule has 2 aromatic rings. The number of tetrazole rings is 1. The number of thioether (sulfide) groups is 2. The SMILES string of the molecule is CON=C(C(=O)N[C@@H]1C(=O)N2C(C(=O)O)=C(CSC3=CC(C)(C(=O)O)c4nnnn4N3)CS[C@@H]12)c1csc(=N)n1O. The van der Waals surface area contributed by atoms with E-state index in [1.54, 1.807) is 0 Å². The molecule has 1 unspecified atom stereocenters. The van der Waals surface area contributed by atoms with Crippen LogP contribution < -0.4 is 15.5 Å². The predicted molar refractivity (Wildman–Crippen MR) is 141 cm³/mol. The number of carboxylic acid groups (broad SMARTS) is 2. The van der Waals surface area contributed by atoms with Gasteiger partial charge in [-0.05, 0) is 29.0 Å². The van der Waals surface area contributed by atoms with Crippen LogP contribution in [0.2, 0.25) is 0 Å². The van der Waals surface area contributed by atoms with E-state index < -0.39 is 40.6 Å². The molecule has 5 heterocycles. The van der Waals surface area contributed by atoms with Crippen molar-refractivity contribution < 1.29 is 39.4 Å². The Balaban J connectivity index is 1.32. The number of oxime groups is 1. The number of nitrogens with one attached hydrogen (secondary N) is 3. The number of amides is 2. The summed E-state index contributed by atoms with van der Waals surface area (Å²) in [6, 6.07) is -1.09. The molecule has 3 atom stereocenters. The molecule has 5 rings (SSSR count). The van der Waals surface area contributed by atoms with Gasteiger partial charge in [-0.3, -0.25) is 30.1 Å². The molecule has 0 aliphatic carbocycles. The maximum Gasteiger partial charge on any atom is 0.352 e. The van der Waals surface area contributed by atoms with Crippen molar-refractivity contribution in [2.45, 2.75) is 23.8 Å². The molecule has 1 fully saturated rings. The molecule has 18 nitrogen and oxygen atoms in total. The number of hydrogen-bond acceptors (Lipinski definition) is 15. The summed E-state index contributed by atoms with van der Waals surface area (Å²) in [4.78, 5) is 56.9. The van der Waals surface area contributed by atoms with E-state index in [-0.39, 0.29) is 39.2 Å². The van der Waals surface area contributed by atoms with Crippen LogP contribution >= 0.6 is 34.9 Å². The quantitative estimate of drug-likeness (QED) is 0.0806. The van der Waals surface area contributed by atoms with Crippen LogP contribution in [0.25, 0.3) is 0 Å². The number of nitrogens with zero attached hydrogens (tertiary/aromatic N) is 7. The van der Waals surface area contributed by atoms with Gasteiger partial charge in [0.15, 0.2) is 11.5 Å². The van der Waals surface area contributed by atoms with Gasteiger partial charge in [0.1, 0.15) is 35.3 Å². The van der Waals surface area contributed by atoms with Crippen LogP contribution in [0.1, 0.15) is 18.4 Å². The highest BCUT2D eigenvalue weighted by Gasteiger charge is 2.54. The summed E-state index contributed by atoms with van der Waals surface area (Å²) >= 11 is 3.20. The Morgan fingerprint density at radius 1 is 1.39 bits per heavy atom. The summed E-state index contributed by atoms with van der Waals surface area (Å²) in [5, 5.41) is 55.4. The van der Waals surface area contributed by atoms with Gasteiger partial charge >= 0.3 is 11.9 Å². The first-order valence-electron chi connectivity index (χ1n) is 11.4. The van der Waals surface area contributed by atoms with E-state index in [4.69, 9.17) is 10.2 Å². The van der Waals surface area contributed by atoms with Gasteiger partial charge in [0.25, 0.3) is 11.8 Å². The summed E-state index contributed by atoms with van der Waals surface area (Å²) in [6.45, 7) is 1.43. The van der Waals surface area contributed by atoms with Gasteiger partial charge in [-0.25, -0.2) is 4.79 Å². The number of aliphatic carboxylic acids is 2.